The summed E-state index contributed by atoms with van der Waals surface area (Å²) in [7, 11) is 0. The fourth-order valence-electron chi connectivity index (χ4n) is 2.57. The summed E-state index contributed by atoms with van der Waals surface area (Å²) in [6, 6.07) is 11.1. The van der Waals surface area contributed by atoms with E-state index in [0.717, 1.165) is 36.8 Å². The summed E-state index contributed by atoms with van der Waals surface area (Å²) in [4.78, 5) is 14.6. The van der Waals surface area contributed by atoms with Gasteiger partial charge in [0.1, 0.15) is 0 Å². The molecule has 2 aromatic carbocycles. The molecule has 0 amide bonds. The normalized spacial score (nSPS) is 11.0. The minimum atomic E-state index is -0.282. The molecule has 0 unspecified atom stereocenters. The van der Waals surface area contributed by atoms with Crippen LogP contribution in [0.4, 0.5) is 5.69 Å². The number of ether oxygens (including phenoxy) is 1. The number of hydrogen-bond acceptors (Lipinski definition) is 4. The Bertz CT molecular complexity index is 636. The number of esters is 1. The van der Waals surface area contributed by atoms with Crippen LogP contribution < -0.4 is 5.73 Å². The summed E-state index contributed by atoms with van der Waals surface area (Å²) in [6.07, 6.45) is 0.848. The first kappa shape index (κ1) is 16.3. The summed E-state index contributed by atoms with van der Waals surface area (Å²) in [6.45, 7) is 7.70. The summed E-state index contributed by atoms with van der Waals surface area (Å²) >= 11 is 0. The van der Waals surface area contributed by atoms with Crippen molar-refractivity contribution in [3.63, 3.8) is 0 Å². The number of anilines is 1. The fourth-order valence-corrected chi connectivity index (χ4v) is 2.57. The lowest BCUT2D eigenvalue weighted by Crippen LogP contribution is -2.25. The molecule has 0 atom stereocenters. The lowest BCUT2D eigenvalue weighted by atomic mass is 10.0. The molecule has 4 heteroatoms. The predicted octanol–water partition coefficient (Wildman–Crippen LogP) is 3.31. The molecule has 0 bridgehead atoms. The molecule has 2 rings (SSSR count). The Labute approximate surface area is 131 Å². The topological polar surface area (TPSA) is 55.6 Å². The van der Waals surface area contributed by atoms with E-state index in [-0.39, 0.29) is 5.97 Å². The first-order chi connectivity index (χ1) is 10.7. The van der Waals surface area contributed by atoms with E-state index in [4.69, 9.17) is 10.5 Å². The van der Waals surface area contributed by atoms with E-state index in [0.29, 0.717) is 17.9 Å². The second-order valence-electron chi connectivity index (χ2n) is 5.26. The molecule has 2 N–H and O–H groups in total. The van der Waals surface area contributed by atoms with Gasteiger partial charge >= 0.3 is 5.97 Å². The van der Waals surface area contributed by atoms with Crippen LogP contribution in [0, 0.1) is 0 Å². The maximum atomic E-state index is 12.3. The van der Waals surface area contributed by atoms with Gasteiger partial charge in [0, 0.05) is 17.6 Å². The molecule has 2 aromatic rings. The van der Waals surface area contributed by atoms with Gasteiger partial charge in [-0.05, 0) is 37.0 Å². The number of hydrogen-bond donors (Lipinski definition) is 1. The highest BCUT2D eigenvalue weighted by Gasteiger charge is 2.12. The number of nitrogens with zero attached hydrogens (tertiary/aromatic N) is 1. The molecule has 0 radical (unpaired) electrons. The van der Waals surface area contributed by atoms with E-state index in [9.17, 15) is 4.79 Å². The first-order valence-electron chi connectivity index (χ1n) is 7.84. The van der Waals surface area contributed by atoms with Crippen molar-refractivity contribution in [3.05, 3.63) is 42.0 Å². The van der Waals surface area contributed by atoms with Gasteiger partial charge in [0.2, 0.25) is 0 Å². The molecular weight excluding hydrogens is 276 g/mol. The Hall–Kier alpha value is -2.07. The average molecular weight is 300 g/mol. The van der Waals surface area contributed by atoms with Gasteiger partial charge in [-0.3, -0.25) is 0 Å². The Morgan fingerprint density at radius 2 is 1.77 bits per heavy atom. The monoisotopic (exact) mass is 300 g/mol. The van der Waals surface area contributed by atoms with Crippen molar-refractivity contribution in [2.75, 3.05) is 32.0 Å². The van der Waals surface area contributed by atoms with E-state index in [1.54, 1.807) is 12.1 Å². The third kappa shape index (κ3) is 3.77. The highest BCUT2D eigenvalue weighted by atomic mass is 16.5. The Kier molecular flexibility index (Phi) is 5.78. The molecule has 22 heavy (non-hydrogen) atoms. The Morgan fingerprint density at radius 3 is 2.45 bits per heavy atom. The van der Waals surface area contributed by atoms with E-state index < -0.39 is 0 Å². The van der Waals surface area contributed by atoms with E-state index in [2.05, 4.69) is 18.7 Å². The number of nitrogen functional groups attached to an aromatic ring is 1. The van der Waals surface area contributed by atoms with Crippen molar-refractivity contribution in [2.45, 2.75) is 20.3 Å². The summed E-state index contributed by atoms with van der Waals surface area (Å²) in [5.74, 6) is -0.282. The zero-order valence-electron chi connectivity index (χ0n) is 13.3. The first-order valence-corrected chi connectivity index (χ1v) is 7.84. The molecule has 4 nitrogen and oxygen atoms in total. The molecule has 0 aliphatic heterocycles. The third-order valence-electron chi connectivity index (χ3n) is 3.92. The van der Waals surface area contributed by atoms with Crippen LogP contribution in [0.3, 0.4) is 0 Å². The van der Waals surface area contributed by atoms with Crippen LogP contribution in [0.2, 0.25) is 0 Å². The van der Waals surface area contributed by atoms with Gasteiger partial charge in [-0.25, -0.2) is 4.79 Å². The zero-order chi connectivity index (χ0) is 15.9. The van der Waals surface area contributed by atoms with Crippen molar-refractivity contribution in [3.8, 4) is 0 Å². The minimum absolute atomic E-state index is 0.282. The molecule has 0 fully saturated rings. The number of benzene rings is 2. The van der Waals surface area contributed by atoms with E-state index >= 15 is 0 Å². The van der Waals surface area contributed by atoms with Crippen molar-refractivity contribution in [1.29, 1.82) is 0 Å². The molecule has 0 aliphatic rings. The van der Waals surface area contributed by atoms with E-state index in [1.807, 2.05) is 24.3 Å². The SMILES string of the molecule is CCN(CC)CCCOC(=O)c1ccc(N)c2ccccc12. The maximum Gasteiger partial charge on any atom is 0.338 e. The van der Waals surface area contributed by atoms with E-state index in [1.165, 1.54) is 0 Å². The summed E-state index contributed by atoms with van der Waals surface area (Å²) in [5.41, 5.74) is 7.20. The van der Waals surface area contributed by atoms with Crippen LogP contribution in [-0.2, 0) is 4.74 Å². The molecule has 0 saturated heterocycles. The van der Waals surface area contributed by atoms with Crippen LogP contribution in [0.15, 0.2) is 36.4 Å². The van der Waals surface area contributed by atoms with Crippen LogP contribution in [0.25, 0.3) is 10.8 Å². The van der Waals surface area contributed by atoms with Gasteiger partial charge in [-0.15, -0.1) is 0 Å². The number of fused-ring (bicyclic) bond motifs is 1. The van der Waals surface area contributed by atoms with Gasteiger partial charge in [0.25, 0.3) is 0 Å². The van der Waals surface area contributed by atoms with Crippen molar-refractivity contribution >= 4 is 22.4 Å². The average Bonchev–Trinajstić information content (AvgIpc) is 2.55. The third-order valence-corrected chi connectivity index (χ3v) is 3.92. The molecule has 0 aliphatic carbocycles. The number of carbonyl (C=O) groups is 1. The molecule has 118 valence electrons. The summed E-state index contributed by atoms with van der Waals surface area (Å²) < 4.78 is 5.41. The van der Waals surface area contributed by atoms with Crippen LogP contribution in [0.5, 0.6) is 0 Å². The second kappa shape index (κ2) is 7.80. The standard InChI is InChI=1S/C18H24N2O2/c1-3-20(4-2)12-7-13-22-18(21)16-10-11-17(19)15-9-6-5-8-14(15)16/h5-6,8-11H,3-4,7,12-13,19H2,1-2H3. The molecule has 0 spiro atoms. The van der Waals surface area contributed by atoms with Crippen molar-refractivity contribution in [2.24, 2.45) is 0 Å². The zero-order valence-corrected chi connectivity index (χ0v) is 13.3. The lowest BCUT2D eigenvalue weighted by Gasteiger charge is -2.17. The number of rotatable bonds is 7. The minimum Gasteiger partial charge on any atom is -0.462 e. The Morgan fingerprint density at radius 1 is 1.09 bits per heavy atom. The number of nitrogens with two attached hydrogens (primary N) is 1. The molecule has 0 heterocycles. The highest BCUT2D eigenvalue weighted by molar-refractivity contribution is 6.07. The van der Waals surface area contributed by atoms with Gasteiger partial charge in [0.05, 0.1) is 12.2 Å². The van der Waals surface area contributed by atoms with Crippen LogP contribution in [-0.4, -0.2) is 37.1 Å². The van der Waals surface area contributed by atoms with Gasteiger partial charge in [0.15, 0.2) is 0 Å². The van der Waals surface area contributed by atoms with Crippen LogP contribution in [0.1, 0.15) is 30.6 Å². The van der Waals surface area contributed by atoms with Gasteiger partial charge in [-0.2, -0.15) is 0 Å². The quantitative estimate of drug-likeness (QED) is 0.484. The van der Waals surface area contributed by atoms with Crippen LogP contribution >= 0.6 is 0 Å². The largest absolute Gasteiger partial charge is 0.462 e. The van der Waals surface area contributed by atoms with Gasteiger partial charge < -0.3 is 15.4 Å². The lowest BCUT2D eigenvalue weighted by molar-refractivity contribution is 0.0492. The van der Waals surface area contributed by atoms with Crippen molar-refractivity contribution < 1.29 is 9.53 Å². The smallest absolute Gasteiger partial charge is 0.338 e. The molecular formula is C18H24N2O2. The Balaban J connectivity index is 2.00. The fraction of sp³-hybridized carbons (Fsp3) is 0.389. The predicted molar refractivity (Wildman–Crippen MR) is 91.0 cm³/mol. The van der Waals surface area contributed by atoms with Crippen molar-refractivity contribution in [1.82, 2.24) is 4.90 Å². The molecule has 0 aromatic heterocycles. The van der Waals surface area contributed by atoms with Gasteiger partial charge in [-0.1, -0.05) is 38.1 Å². The maximum absolute atomic E-state index is 12.3. The summed E-state index contributed by atoms with van der Waals surface area (Å²) in [5, 5.41) is 1.73. The second-order valence-corrected chi connectivity index (χ2v) is 5.26. The molecule has 0 saturated carbocycles. The highest BCUT2D eigenvalue weighted by Crippen LogP contribution is 2.25. The number of carbonyl (C=O) groups excluding carboxylic acids is 1.